The first-order valence-corrected chi connectivity index (χ1v) is 8.71. The van der Waals surface area contributed by atoms with Crippen molar-refractivity contribution in [2.24, 2.45) is 4.99 Å². The predicted octanol–water partition coefficient (Wildman–Crippen LogP) is 2.10. The quantitative estimate of drug-likeness (QED) is 0.521. The number of aliphatic imine (C=N–C) groups is 1. The number of rotatable bonds is 7. The molecule has 1 aromatic rings. The van der Waals surface area contributed by atoms with Crippen molar-refractivity contribution in [3.05, 3.63) is 29.8 Å². The summed E-state index contributed by atoms with van der Waals surface area (Å²) < 4.78 is 5.64. The van der Waals surface area contributed by atoms with Crippen LogP contribution in [0.15, 0.2) is 29.3 Å². The molecule has 0 aliphatic rings. The Labute approximate surface area is 151 Å². The molecule has 0 aromatic heterocycles. The van der Waals surface area contributed by atoms with Gasteiger partial charge in [-0.3, -0.25) is 9.79 Å². The summed E-state index contributed by atoms with van der Waals surface area (Å²) in [7, 11) is 1.69. The summed E-state index contributed by atoms with van der Waals surface area (Å²) in [6, 6.07) is 8.09. The number of benzene rings is 1. The van der Waals surface area contributed by atoms with Crippen LogP contribution in [0.25, 0.3) is 0 Å². The summed E-state index contributed by atoms with van der Waals surface area (Å²) in [6.07, 6.45) is 1.04. The summed E-state index contributed by atoms with van der Waals surface area (Å²) in [5.74, 6) is 1.44. The fourth-order valence-electron chi connectivity index (χ4n) is 2.18. The van der Waals surface area contributed by atoms with Crippen LogP contribution in [0.5, 0.6) is 5.75 Å². The molecule has 0 fully saturated rings. The molecule has 6 nitrogen and oxygen atoms in total. The van der Waals surface area contributed by atoms with Crippen LogP contribution >= 0.6 is 0 Å². The highest BCUT2D eigenvalue weighted by molar-refractivity contribution is 5.86. The Bertz CT molecular complexity index is 560. The van der Waals surface area contributed by atoms with E-state index in [0.717, 1.165) is 18.7 Å². The van der Waals surface area contributed by atoms with E-state index < -0.39 is 0 Å². The Morgan fingerprint density at radius 3 is 2.32 bits per heavy atom. The summed E-state index contributed by atoms with van der Waals surface area (Å²) in [6.45, 7) is 10.8. The van der Waals surface area contributed by atoms with E-state index in [-0.39, 0.29) is 24.1 Å². The summed E-state index contributed by atoms with van der Waals surface area (Å²) in [5, 5.41) is 9.13. The lowest BCUT2D eigenvalue weighted by molar-refractivity contribution is -0.121. The number of ether oxygens (including phenoxy) is 1. The number of hydrogen-bond acceptors (Lipinski definition) is 3. The molecule has 6 heteroatoms. The highest BCUT2D eigenvalue weighted by Gasteiger charge is 2.13. The molecule has 1 rings (SSSR count). The number of carbonyl (C=O) groups is 1. The van der Waals surface area contributed by atoms with Crippen LogP contribution in [0.3, 0.4) is 0 Å². The average molecular weight is 348 g/mol. The minimum Gasteiger partial charge on any atom is -0.491 e. The lowest BCUT2D eigenvalue weighted by Gasteiger charge is -2.21. The fraction of sp³-hybridized carbons (Fsp3) is 0.579. The van der Waals surface area contributed by atoms with Crippen LogP contribution in [0.4, 0.5) is 0 Å². The third kappa shape index (κ3) is 9.59. The molecule has 0 heterocycles. The van der Waals surface area contributed by atoms with Gasteiger partial charge in [0.15, 0.2) is 5.96 Å². The van der Waals surface area contributed by atoms with E-state index in [4.69, 9.17) is 4.74 Å². The highest BCUT2D eigenvalue weighted by atomic mass is 16.5. The van der Waals surface area contributed by atoms with Crippen molar-refractivity contribution in [1.29, 1.82) is 0 Å². The Morgan fingerprint density at radius 2 is 1.80 bits per heavy atom. The van der Waals surface area contributed by atoms with Gasteiger partial charge in [0.1, 0.15) is 5.75 Å². The molecule has 0 bridgehead atoms. The van der Waals surface area contributed by atoms with Gasteiger partial charge in [-0.2, -0.15) is 0 Å². The van der Waals surface area contributed by atoms with Gasteiger partial charge in [-0.05, 0) is 58.7 Å². The zero-order valence-electron chi connectivity index (χ0n) is 16.3. The maximum atomic E-state index is 11.8. The molecular weight excluding hydrogens is 316 g/mol. The minimum atomic E-state index is -0.235. The maximum absolute atomic E-state index is 11.8. The summed E-state index contributed by atoms with van der Waals surface area (Å²) in [4.78, 5) is 15.9. The lowest BCUT2D eigenvalue weighted by Crippen LogP contribution is -2.48. The van der Waals surface area contributed by atoms with Crippen LogP contribution in [0, 0.1) is 0 Å². The minimum absolute atomic E-state index is 0.0591. The highest BCUT2D eigenvalue weighted by Crippen LogP contribution is 2.13. The van der Waals surface area contributed by atoms with Crippen molar-refractivity contribution in [3.63, 3.8) is 0 Å². The maximum Gasteiger partial charge on any atom is 0.239 e. The van der Waals surface area contributed by atoms with Gasteiger partial charge in [0.05, 0.1) is 12.6 Å². The molecule has 25 heavy (non-hydrogen) atoms. The smallest absolute Gasteiger partial charge is 0.239 e. The van der Waals surface area contributed by atoms with Gasteiger partial charge < -0.3 is 20.7 Å². The van der Waals surface area contributed by atoms with Crippen molar-refractivity contribution >= 4 is 11.9 Å². The first-order valence-electron chi connectivity index (χ1n) is 8.71. The molecule has 0 saturated carbocycles. The second-order valence-corrected chi connectivity index (χ2v) is 7.21. The molecular formula is C19H32N4O2. The van der Waals surface area contributed by atoms with E-state index in [9.17, 15) is 4.79 Å². The van der Waals surface area contributed by atoms with Crippen LogP contribution in [0.2, 0.25) is 0 Å². The van der Waals surface area contributed by atoms with Crippen molar-refractivity contribution in [2.45, 2.75) is 52.7 Å². The molecule has 3 N–H and O–H groups in total. The Kier molecular flexibility index (Phi) is 8.25. The van der Waals surface area contributed by atoms with E-state index in [2.05, 4.69) is 33.1 Å². The van der Waals surface area contributed by atoms with Crippen molar-refractivity contribution < 1.29 is 9.53 Å². The molecule has 0 saturated heterocycles. The third-order valence-electron chi connectivity index (χ3n) is 3.16. The first-order chi connectivity index (χ1) is 11.7. The molecule has 1 amide bonds. The molecule has 0 aliphatic carbocycles. The number of nitrogens with one attached hydrogen (secondary N) is 3. The van der Waals surface area contributed by atoms with E-state index in [0.29, 0.717) is 5.96 Å². The van der Waals surface area contributed by atoms with Crippen molar-refractivity contribution in [2.75, 3.05) is 20.1 Å². The Morgan fingerprint density at radius 1 is 1.16 bits per heavy atom. The number of hydrogen-bond donors (Lipinski definition) is 3. The van der Waals surface area contributed by atoms with Gasteiger partial charge in [0.25, 0.3) is 0 Å². The van der Waals surface area contributed by atoms with Crippen molar-refractivity contribution in [1.82, 2.24) is 16.0 Å². The van der Waals surface area contributed by atoms with Gasteiger partial charge in [-0.15, -0.1) is 0 Å². The van der Waals surface area contributed by atoms with Gasteiger partial charge >= 0.3 is 0 Å². The monoisotopic (exact) mass is 348 g/mol. The largest absolute Gasteiger partial charge is 0.491 e. The molecule has 1 aromatic carbocycles. The molecule has 0 aliphatic heterocycles. The first kappa shape index (κ1) is 20.8. The predicted molar refractivity (Wildman–Crippen MR) is 103 cm³/mol. The van der Waals surface area contributed by atoms with Gasteiger partial charge in [0.2, 0.25) is 5.91 Å². The van der Waals surface area contributed by atoms with E-state index in [1.54, 1.807) is 7.05 Å². The van der Waals surface area contributed by atoms with Crippen LogP contribution in [0.1, 0.15) is 40.2 Å². The number of nitrogens with zero attached hydrogens (tertiary/aromatic N) is 1. The number of amides is 1. The second kappa shape index (κ2) is 9.91. The summed E-state index contributed by atoms with van der Waals surface area (Å²) in [5.41, 5.74) is 0.978. The van der Waals surface area contributed by atoms with E-state index in [1.807, 2.05) is 46.8 Å². The Balaban J connectivity index is 2.34. The molecule has 0 spiro atoms. The van der Waals surface area contributed by atoms with Crippen molar-refractivity contribution in [3.8, 4) is 5.75 Å². The Hall–Kier alpha value is -2.24. The van der Waals surface area contributed by atoms with E-state index >= 15 is 0 Å². The van der Waals surface area contributed by atoms with Gasteiger partial charge in [-0.1, -0.05) is 12.1 Å². The van der Waals surface area contributed by atoms with Gasteiger partial charge in [-0.25, -0.2) is 0 Å². The standard InChI is InChI=1S/C19H32N4O2/c1-14(2)25-16-9-7-15(8-10-16)11-12-21-18(20-6)22-13-17(24)23-19(3,4)5/h7-10,14H,11-13H2,1-6H3,(H,23,24)(H2,20,21,22). The topological polar surface area (TPSA) is 74.8 Å². The van der Waals surface area contributed by atoms with Crippen LogP contribution in [-0.4, -0.2) is 43.6 Å². The molecule has 0 atom stereocenters. The normalized spacial score (nSPS) is 12.0. The number of carbonyl (C=O) groups excluding carboxylic acids is 1. The average Bonchev–Trinajstić information content (AvgIpc) is 2.50. The summed E-state index contributed by atoms with van der Waals surface area (Å²) >= 11 is 0. The SMILES string of the molecule is CN=C(NCCc1ccc(OC(C)C)cc1)NCC(=O)NC(C)(C)C. The zero-order chi connectivity index (χ0) is 18.9. The van der Waals surface area contributed by atoms with Gasteiger partial charge in [0, 0.05) is 19.1 Å². The second-order valence-electron chi connectivity index (χ2n) is 7.21. The zero-order valence-corrected chi connectivity index (χ0v) is 16.3. The van der Waals surface area contributed by atoms with E-state index in [1.165, 1.54) is 5.56 Å². The molecule has 0 unspecified atom stereocenters. The molecule has 140 valence electrons. The lowest BCUT2D eigenvalue weighted by atomic mass is 10.1. The number of guanidine groups is 1. The fourth-order valence-corrected chi connectivity index (χ4v) is 2.18. The van der Waals surface area contributed by atoms with Crippen LogP contribution < -0.4 is 20.7 Å². The van der Waals surface area contributed by atoms with Crippen LogP contribution in [-0.2, 0) is 11.2 Å². The molecule has 0 radical (unpaired) electrons. The third-order valence-corrected chi connectivity index (χ3v) is 3.16.